The van der Waals surface area contributed by atoms with Gasteiger partial charge >= 0.3 is 0 Å². The van der Waals surface area contributed by atoms with E-state index < -0.39 is 0 Å². The SMILES string of the molecule is NC(=O)C[C@@H]1CCCCN1C(=O)c1cc(-c2ccccc2)c(N2CCOCC2)s1. The van der Waals surface area contributed by atoms with Gasteiger partial charge in [-0.15, -0.1) is 11.3 Å². The maximum Gasteiger partial charge on any atom is 0.264 e. The topological polar surface area (TPSA) is 75.9 Å². The molecule has 7 heteroatoms. The summed E-state index contributed by atoms with van der Waals surface area (Å²) < 4.78 is 5.51. The number of likely N-dealkylation sites (tertiary alicyclic amines) is 1. The molecule has 2 N–H and O–H groups in total. The van der Waals surface area contributed by atoms with E-state index in [1.54, 1.807) is 11.3 Å². The van der Waals surface area contributed by atoms with E-state index >= 15 is 0 Å². The Bertz CT molecular complexity index is 861. The Labute approximate surface area is 175 Å². The second-order valence-electron chi connectivity index (χ2n) is 7.61. The maximum absolute atomic E-state index is 13.4. The van der Waals surface area contributed by atoms with Gasteiger partial charge in [0.2, 0.25) is 5.91 Å². The highest BCUT2D eigenvalue weighted by atomic mass is 32.1. The van der Waals surface area contributed by atoms with Crippen LogP contribution in [-0.2, 0) is 9.53 Å². The van der Waals surface area contributed by atoms with Crippen LogP contribution in [0.5, 0.6) is 0 Å². The molecule has 0 radical (unpaired) electrons. The second-order valence-corrected chi connectivity index (χ2v) is 8.64. The normalized spacial score (nSPS) is 19.9. The predicted octanol–water partition coefficient (Wildman–Crippen LogP) is 3.12. The maximum atomic E-state index is 13.4. The molecule has 0 aliphatic carbocycles. The van der Waals surface area contributed by atoms with E-state index in [0.717, 1.165) is 53.4 Å². The van der Waals surface area contributed by atoms with E-state index in [4.69, 9.17) is 10.5 Å². The van der Waals surface area contributed by atoms with Gasteiger partial charge in [-0.25, -0.2) is 0 Å². The zero-order valence-electron chi connectivity index (χ0n) is 16.5. The number of carbonyl (C=O) groups is 2. The quantitative estimate of drug-likeness (QED) is 0.817. The van der Waals surface area contributed by atoms with E-state index in [2.05, 4.69) is 17.0 Å². The van der Waals surface area contributed by atoms with Crippen LogP contribution in [0.3, 0.4) is 0 Å². The van der Waals surface area contributed by atoms with Gasteiger partial charge < -0.3 is 20.3 Å². The Morgan fingerprint density at radius 3 is 2.59 bits per heavy atom. The molecule has 2 saturated heterocycles. The van der Waals surface area contributed by atoms with Crippen LogP contribution in [0, 0.1) is 0 Å². The number of benzene rings is 1. The van der Waals surface area contributed by atoms with Crippen LogP contribution in [0.2, 0.25) is 0 Å². The molecule has 4 rings (SSSR count). The summed E-state index contributed by atoms with van der Waals surface area (Å²) in [5.41, 5.74) is 7.63. The van der Waals surface area contributed by atoms with Crippen LogP contribution in [0.4, 0.5) is 5.00 Å². The molecule has 0 unspecified atom stereocenters. The summed E-state index contributed by atoms with van der Waals surface area (Å²) in [6, 6.07) is 12.1. The van der Waals surface area contributed by atoms with Crippen LogP contribution >= 0.6 is 11.3 Å². The molecule has 0 spiro atoms. The first-order valence-electron chi connectivity index (χ1n) is 10.2. The van der Waals surface area contributed by atoms with Gasteiger partial charge in [-0.2, -0.15) is 0 Å². The van der Waals surface area contributed by atoms with Crippen molar-refractivity contribution >= 4 is 28.2 Å². The molecule has 2 aromatic rings. The molecule has 3 heterocycles. The van der Waals surface area contributed by atoms with E-state index in [0.29, 0.717) is 19.8 Å². The number of nitrogens with two attached hydrogens (primary N) is 1. The van der Waals surface area contributed by atoms with Gasteiger partial charge in [0, 0.05) is 37.7 Å². The van der Waals surface area contributed by atoms with Crippen molar-refractivity contribution in [2.75, 3.05) is 37.7 Å². The fourth-order valence-electron chi connectivity index (χ4n) is 4.17. The van der Waals surface area contributed by atoms with Gasteiger partial charge in [-0.3, -0.25) is 9.59 Å². The minimum absolute atomic E-state index is 0.0117. The number of hydrogen-bond donors (Lipinski definition) is 1. The third kappa shape index (κ3) is 4.46. The Balaban J connectivity index is 1.67. The first-order chi connectivity index (χ1) is 14.1. The molecule has 2 aliphatic rings. The summed E-state index contributed by atoms with van der Waals surface area (Å²) in [6.45, 7) is 3.72. The molecule has 6 nitrogen and oxygen atoms in total. The van der Waals surface area contributed by atoms with Gasteiger partial charge in [0.1, 0.15) is 0 Å². The third-order valence-corrected chi connectivity index (χ3v) is 6.82. The average Bonchev–Trinajstić information content (AvgIpc) is 3.20. The van der Waals surface area contributed by atoms with Crippen molar-refractivity contribution < 1.29 is 14.3 Å². The second kappa shape index (κ2) is 8.97. The molecule has 1 aromatic carbocycles. The number of hydrogen-bond acceptors (Lipinski definition) is 5. The van der Waals surface area contributed by atoms with Crippen LogP contribution in [0.1, 0.15) is 35.4 Å². The van der Waals surface area contributed by atoms with Gasteiger partial charge in [0.05, 0.1) is 23.1 Å². The minimum atomic E-state index is -0.347. The molecule has 1 aromatic heterocycles. The van der Waals surface area contributed by atoms with Crippen LogP contribution < -0.4 is 10.6 Å². The third-order valence-electron chi connectivity index (χ3n) is 5.63. The molecular formula is C22H27N3O3S. The van der Waals surface area contributed by atoms with E-state index in [-0.39, 0.29) is 24.3 Å². The molecule has 2 amide bonds. The monoisotopic (exact) mass is 413 g/mol. The summed E-state index contributed by atoms with van der Waals surface area (Å²) in [6.07, 6.45) is 3.07. The average molecular weight is 414 g/mol. The van der Waals surface area contributed by atoms with Gasteiger partial charge in [0.25, 0.3) is 5.91 Å². The zero-order chi connectivity index (χ0) is 20.2. The molecule has 2 fully saturated rings. The summed E-state index contributed by atoms with van der Waals surface area (Å²) in [4.78, 5) is 29.8. The van der Waals surface area contributed by atoms with Crippen molar-refractivity contribution in [2.24, 2.45) is 5.73 Å². The summed E-state index contributed by atoms with van der Waals surface area (Å²) in [7, 11) is 0. The molecule has 154 valence electrons. The molecule has 1 atom stereocenters. The number of anilines is 1. The number of morpholine rings is 1. The number of ether oxygens (including phenoxy) is 1. The first-order valence-corrected chi connectivity index (χ1v) is 11.1. The Kier molecular flexibility index (Phi) is 6.16. The van der Waals surface area contributed by atoms with E-state index in [1.165, 1.54) is 0 Å². The molecule has 29 heavy (non-hydrogen) atoms. The van der Waals surface area contributed by atoms with Gasteiger partial charge in [-0.05, 0) is 30.9 Å². The highest BCUT2D eigenvalue weighted by molar-refractivity contribution is 7.18. The predicted molar refractivity (Wildman–Crippen MR) is 115 cm³/mol. The smallest absolute Gasteiger partial charge is 0.264 e. The summed E-state index contributed by atoms with van der Waals surface area (Å²) in [5, 5.41) is 1.12. The lowest BCUT2D eigenvalue weighted by Gasteiger charge is -2.35. The Hall–Kier alpha value is -2.38. The number of nitrogens with zero attached hydrogens (tertiary/aromatic N) is 2. The van der Waals surface area contributed by atoms with Crippen molar-refractivity contribution in [1.29, 1.82) is 0 Å². The number of amides is 2. The molecule has 0 saturated carbocycles. The number of thiophene rings is 1. The largest absolute Gasteiger partial charge is 0.378 e. The number of primary amides is 1. The van der Waals surface area contributed by atoms with E-state index in [1.807, 2.05) is 29.2 Å². The van der Waals surface area contributed by atoms with Crippen molar-refractivity contribution in [3.05, 3.63) is 41.3 Å². The van der Waals surface area contributed by atoms with Crippen molar-refractivity contribution in [3.8, 4) is 11.1 Å². The number of rotatable bonds is 5. The van der Waals surface area contributed by atoms with Gasteiger partial charge in [0.15, 0.2) is 0 Å². The number of piperidine rings is 1. The van der Waals surface area contributed by atoms with Crippen molar-refractivity contribution in [2.45, 2.75) is 31.7 Å². The summed E-state index contributed by atoms with van der Waals surface area (Å²) >= 11 is 1.55. The lowest BCUT2D eigenvalue weighted by molar-refractivity contribution is -0.119. The molecular weight excluding hydrogens is 386 g/mol. The Morgan fingerprint density at radius 1 is 1.10 bits per heavy atom. The van der Waals surface area contributed by atoms with Crippen LogP contribution in [0.15, 0.2) is 36.4 Å². The highest BCUT2D eigenvalue weighted by Crippen LogP contribution is 2.40. The fraction of sp³-hybridized carbons (Fsp3) is 0.455. The highest BCUT2D eigenvalue weighted by Gasteiger charge is 2.31. The number of carbonyl (C=O) groups excluding carboxylic acids is 2. The molecule has 0 bridgehead atoms. The summed E-state index contributed by atoms with van der Waals surface area (Å²) in [5.74, 6) is -0.336. The van der Waals surface area contributed by atoms with Crippen LogP contribution in [0.25, 0.3) is 11.1 Å². The van der Waals surface area contributed by atoms with E-state index in [9.17, 15) is 9.59 Å². The Morgan fingerprint density at radius 2 is 1.86 bits per heavy atom. The lowest BCUT2D eigenvalue weighted by atomic mass is 9.98. The van der Waals surface area contributed by atoms with Gasteiger partial charge in [-0.1, -0.05) is 30.3 Å². The van der Waals surface area contributed by atoms with Crippen molar-refractivity contribution in [1.82, 2.24) is 4.90 Å². The minimum Gasteiger partial charge on any atom is -0.378 e. The first kappa shape index (κ1) is 19.9. The fourth-order valence-corrected chi connectivity index (χ4v) is 5.35. The zero-order valence-corrected chi connectivity index (χ0v) is 17.3. The van der Waals surface area contributed by atoms with Crippen molar-refractivity contribution in [3.63, 3.8) is 0 Å². The van der Waals surface area contributed by atoms with Crippen LogP contribution in [-0.4, -0.2) is 55.6 Å². The standard InChI is InChI=1S/C22H27N3O3S/c23-20(26)14-17-8-4-5-9-25(17)21(27)19-15-18(16-6-2-1-3-7-16)22(29-19)24-10-12-28-13-11-24/h1-3,6-7,15,17H,4-5,8-14H2,(H2,23,26)/t17-/m0/s1. The lowest BCUT2D eigenvalue weighted by Crippen LogP contribution is -2.45. The molecule has 2 aliphatic heterocycles.